The average molecular weight is 822 g/mol. The Hall–Kier alpha value is -3.63. The fourth-order valence-corrected chi connectivity index (χ4v) is 14.2. The van der Waals surface area contributed by atoms with Crippen LogP contribution in [-0.2, 0) is 61.1 Å². The van der Waals surface area contributed by atoms with E-state index in [2.05, 4.69) is 102 Å². The van der Waals surface area contributed by atoms with E-state index in [0.29, 0.717) is 54.7 Å². The number of hydrogen-bond acceptors (Lipinski definition) is 6. The highest BCUT2D eigenvalue weighted by Crippen LogP contribution is 2.44. The van der Waals surface area contributed by atoms with Crippen molar-refractivity contribution in [3.8, 4) is 0 Å². The second-order valence-corrected chi connectivity index (χ2v) is 22.2. The van der Waals surface area contributed by atoms with Crippen LogP contribution in [0.1, 0.15) is 81.0 Å². The van der Waals surface area contributed by atoms with E-state index in [1.807, 2.05) is 78.9 Å². The van der Waals surface area contributed by atoms with Gasteiger partial charge >= 0.3 is 0 Å². The van der Waals surface area contributed by atoms with Gasteiger partial charge in [-0.3, -0.25) is 0 Å². The molecule has 0 bridgehead atoms. The fraction of sp³-hybridized carbons (Fsp3) is 0.400. The molecule has 0 N–H and O–H groups in total. The number of benzene rings is 5. The summed E-state index contributed by atoms with van der Waals surface area (Å²) in [6.45, 7) is 16.1. The van der Waals surface area contributed by atoms with Gasteiger partial charge in [0.05, 0.1) is 39.6 Å². The number of ether oxygens (including phenoxy) is 5. The van der Waals surface area contributed by atoms with Gasteiger partial charge in [0, 0.05) is 5.02 Å². The first-order valence-electron chi connectivity index (χ1n) is 20.8. The Morgan fingerprint density at radius 2 is 0.948 bits per heavy atom. The van der Waals surface area contributed by atoms with Crippen LogP contribution in [-0.4, -0.2) is 39.3 Å². The van der Waals surface area contributed by atoms with Gasteiger partial charge in [0.15, 0.2) is 0 Å². The topological polar surface area (TPSA) is 55.4 Å². The summed E-state index contributed by atoms with van der Waals surface area (Å²) in [4.78, 5) is 0. The van der Waals surface area contributed by atoms with Crippen molar-refractivity contribution >= 4 is 19.9 Å². The zero-order valence-electron chi connectivity index (χ0n) is 35.0. The molecule has 1 fully saturated rings. The molecule has 0 radical (unpaired) electrons. The Kier molecular flexibility index (Phi) is 16.3. The number of hydrogen-bond donors (Lipinski definition) is 0. The van der Waals surface area contributed by atoms with Gasteiger partial charge < -0.3 is 28.1 Å². The third-order valence-electron chi connectivity index (χ3n) is 11.5. The predicted molar refractivity (Wildman–Crippen MR) is 236 cm³/mol. The maximum atomic E-state index is 7.22. The van der Waals surface area contributed by atoms with Gasteiger partial charge in [-0.15, -0.1) is 0 Å². The van der Waals surface area contributed by atoms with Crippen LogP contribution >= 0.6 is 11.6 Å². The third kappa shape index (κ3) is 11.3. The van der Waals surface area contributed by atoms with Gasteiger partial charge in [-0.05, 0) is 62.1 Å². The predicted octanol–water partition coefficient (Wildman–Crippen LogP) is 12.4. The maximum absolute atomic E-state index is 7.22. The van der Waals surface area contributed by atoms with Crippen LogP contribution in [0.2, 0.25) is 21.6 Å². The zero-order valence-corrected chi connectivity index (χ0v) is 36.7. The lowest BCUT2D eigenvalue weighted by Crippen LogP contribution is -2.58. The van der Waals surface area contributed by atoms with E-state index in [1.54, 1.807) is 0 Å². The largest absolute Gasteiger partial charge is 0.412 e. The lowest BCUT2D eigenvalue weighted by atomic mass is 9.89. The highest BCUT2D eigenvalue weighted by molar-refractivity contribution is 6.77. The van der Waals surface area contributed by atoms with E-state index >= 15 is 0 Å². The van der Waals surface area contributed by atoms with Crippen molar-refractivity contribution in [2.75, 3.05) is 6.61 Å². The summed E-state index contributed by atoms with van der Waals surface area (Å²) in [5, 5.41) is 0.671. The summed E-state index contributed by atoms with van der Waals surface area (Å²) in [5.74, 6) is 0. The fourth-order valence-electron chi connectivity index (χ4n) is 8.64. The summed E-state index contributed by atoms with van der Waals surface area (Å²) in [6, 6.07) is 47.1. The molecule has 0 aliphatic carbocycles. The number of halogens is 1. The van der Waals surface area contributed by atoms with Crippen molar-refractivity contribution in [3.05, 3.63) is 178 Å². The molecule has 5 aromatic rings. The first kappa shape index (κ1) is 43.9. The molecule has 0 amide bonds. The standard InChI is InChI=1S/C50H61ClO6Si/c1-36(2)58(37(3)4,38(5)6)56-34-44-29-43(27-28-45(44)51)47-49(54-32-41-23-15-9-16-24-41)50(55-33-42-25-17-10-18-26-42)48(53-31-40-21-13-8-14-22-40)46(57-47)35-52-30-39-19-11-7-12-20-39/h7-29,36-38,46-50H,30-35H2,1-6H3. The summed E-state index contributed by atoms with van der Waals surface area (Å²) in [6.07, 6.45) is -2.64. The van der Waals surface area contributed by atoms with Crippen LogP contribution in [0.25, 0.3) is 0 Å². The van der Waals surface area contributed by atoms with Gasteiger partial charge in [0.1, 0.15) is 30.5 Å². The molecule has 6 nitrogen and oxygen atoms in total. The molecule has 5 unspecified atom stereocenters. The van der Waals surface area contributed by atoms with Crippen LogP contribution in [0.3, 0.4) is 0 Å². The molecule has 0 spiro atoms. The Balaban J connectivity index is 1.39. The van der Waals surface area contributed by atoms with E-state index < -0.39 is 38.8 Å². The van der Waals surface area contributed by atoms with Crippen LogP contribution in [0.15, 0.2) is 140 Å². The normalized spacial score (nSPS) is 19.9. The van der Waals surface area contributed by atoms with E-state index in [4.69, 9.17) is 39.7 Å². The van der Waals surface area contributed by atoms with Gasteiger partial charge in [0.2, 0.25) is 8.32 Å². The molecule has 1 saturated heterocycles. The highest BCUT2D eigenvalue weighted by atomic mass is 35.5. The molecule has 1 heterocycles. The Labute approximate surface area is 352 Å². The molecule has 5 atom stereocenters. The third-order valence-corrected chi connectivity index (χ3v) is 17.9. The maximum Gasteiger partial charge on any atom is 0.200 e. The lowest BCUT2D eigenvalue weighted by molar-refractivity contribution is -0.275. The minimum atomic E-state index is -2.18. The summed E-state index contributed by atoms with van der Waals surface area (Å²) in [7, 11) is -2.18. The minimum Gasteiger partial charge on any atom is -0.412 e. The molecule has 1 aliphatic heterocycles. The molecule has 8 heteroatoms. The average Bonchev–Trinajstić information content (AvgIpc) is 3.23. The Morgan fingerprint density at radius 3 is 1.41 bits per heavy atom. The van der Waals surface area contributed by atoms with Gasteiger partial charge in [-0.1, -0.05) is 181 Å². The van der Waals surface area contributed by atoms with E-state index in [1.165, 1.54) is 0 Å². The lowest BCUT2D eigenvalue weighted by Gasteiger charge is -2.46. The first-order chi connectivity index (χ1) is 28.2. The summed E-state index contributed by atoms with van der Waals surface area (Å²) < 4.78 is 41.7. The first-order valence-corrected chi connectivity index (χ1v) is 23.3. The van der Waals surface area contributed by atoms with Crippen LogP contribution < -0.4 is 0 Å². The summed E-state index contributed by atoms with van der Waals surface area (Å²) in [5.41, 5.74) is 7.47. The monoisotopic (exact) mass is 820 g/mol. The van der Waals surface area contributed by atoms with Crippen LogP contribution in [0, 0.1) is 0 Å². The molecule has 5 aromatic carbocycles. The van der Waals surface area contributed by atoms with Crippen molar-refractivity contribution in [1.29, 1.82) is 0 Å². The quantitative estimate of drug-likeness (QED) is 0.0729. The molecule has 0 saturated carbocycles. The van der Waals surface area contributed by atoms with E-state index in [0.717, 1.165) is 33.4 Å². The molecule has 6 rings (SSSR count). The molecular weight excluding hydrogens is 760 g/mol. The molecule has 0 aromatic heterocycles. The number of rotatable bonds is 20. The van der Waals surface area contributed by atoms with Crippen molar-refractivity contribution < 1.29 is 28.1 Å². The zero-order chi connectivity index (χ0) is 40.9. The summed E-state index contributed by atoms with van der Waals surface area (Å²) >= 11 is 7.00. The van der Waals surface area contributed by atoms with E-state index in [-0.39, 0.29) is 6.61 Å². The van der Waals surface area contributed by atoms with Crippen molar-refractivity contribution in [2.45, 2.75) is 122 Å². The molecule has 308 valence electrons. The second kappa shape index (κ2) is 21.6. The molecule has 58 heavy (non-hydrogen) atoms. The Morgan fingerprint density at radius 1 is 0.517 bits per heavy atom. The van der Waals surface area contributed by atoms with Gasteiger partial charge in [0.25, 0.3) is 0 Å². The molecule has 1 aliphatic rings. The second-order valence-electron chi connectivity index (χ2n) is 16.3. The van der Waals surface area contributed by atoms with Crippen molar-refractivity contribution in [1.82, 2.24) is 0 Å². The van der Waals surface area contributed by atoms with E-state index in [9.17, 15) is 0 Å². The van der Waals surface area contributed by atoms with Crippen molar-refractivity contribution in [3.63, 3.8) is 0 Å². The van der Waals surface area contributed by atoms with Crippen LogP contribution in [0.5, 0.6) is 0 Å². The SMILES string of the molecule is CC(C)[Si](OCc1cc(C2OC(COCc3ccccc3)C(OCc3ccccc3)C(OCc3ccccc3)C2OCc2ccccc2)ccc1Cl)(C(C)C)C(C)C. The highest BCUT2D eigenvalue weighted by Gasteiger charge is 2.49. The molecular formula is C50H61ClO6Si. The smallest absolute Gasteiger partial charge is 0.200 e. The van der Waals surface area contributed by atoms with Crippen molar-refractivity contribution in [2.24, 2.45) is 0 Å². The minimum absolute atomic E-state index is 0.288. The van der Waals surface area contributed by atoms with Gasteiger partial charge in [-0.2, -0.15) is 0 Å². The van der Waals surface area contributed by atoms with Crippen LogP contribution in [0.4, 0.5) is 0 Å². The Bertz CT molecular complexity index is 1910. The van der Waals surface area contributed by atoms with Gasteiger partial charge in [-0.25, -0.2) is 0 Å².